The predicted molar refractivity (Wildman–Crippen MR) is 202 cm³/mol. The van der Waals surface area contributed by atoms with Crippen molar-refractivity contribution in [2.45, 2.75) is 206 Å². The van der Waals surface area contributed by atoms with Gasteiger partial charge in [-0.2, -0.15) is 0 Å². The van der Waals surface area contributed by atoms with Gasteiger partial charge in [-0.1, -0.05) is 181 Å². The highest BCUT2D eigenvalue weighted by Gasteiger charge is 2.29. The van der Waals surface area contributed by atoms with Crippen molar-refractivity contribution in [1.29, 1.82) is 0 Å². The van der Waals surface area contributed by atoms with Crippen LogP contribution in [-0.2, 0) is 28.5 Å². The largest absolute Gasteiger partial charge is 0.509 e. The summed E-state index contributed by atoms with van der Waals surface area (Å²) in [5.74, 6) is -1.30. The molecule has 0 N–H and O–H groups in total. The number of likely N-dealkylation sites (N-methyl/N-ethyl adjacent to an activating group) is 1. The van der Waals surface area contributed by atoms with Crippen LogP contribution in [-0.4, -0.2) is 69.6 Å². The maximum Gasteiger partial charge on any atom is 0.509 e. The van der Waals surface area contributed by atoms with Gasteiger partial charge in [0.15, 0.2) is 0 Å². The zero-order chi connectivity index (χ0) is 36.0. The second-order valence-corrected chi connectivity index (χ2v) is 14.3. The molecule has 0 aliphatic heterocycles. The molecule has 290 valence electrons. The molecule has 0 fully saturated rings. The Hall–Kier alpha value is -1.83. The van der Waals surface area contributed by atoms with Gasteiger partial charge in [0, 0.05) is 6.54 Å². The van der Waals surface area contributed by atoms with E-state index in [0.29, 0.717) is 13.2 Å². The minimum atomic E-state index is -1.37. The Morgan fingerprint density at radius 2 is 0.796 bits per heavy atom. The topological polar surface area (TPSA) is 91.4 Å². The van der Waals surface area contributed by atoms with Crippen molar-refractivity contribution in [3.05, 3.63) is 0 Å². The number of ether oxygens (including phenoxy) is 4. The quantitative estimate of drug-likeness (QED) is 0.0360. The van der Waals surface area contributed by atoms with Crippen LogP contribution >= 0.6 is 0 Å². The monoisotopic (exact) mass is 698 g/mol. The van der Waals surface area contributed by atoms with Crippen molar-refractivity contribution in [3.63, 3.8) is 0 Å². The average molecular weight is 698 g/mol. The molecule has 0 rings (SSSR count). The van der Waals surface area contributed by atoms with Crippen LogP contribution < -0.4 is 0 Å². The lowest BCUT2D eigenvalue weighted by Gasteiger charge is -2.17. The summed E-state index contributed by atoms with van der Waals surface area (Å²) >= 11 is 0. The van der Waals surface area contributed by atoms with Gasteiger partial charge in [-0.05, 0) is 26.9 Å². The maximum absolute atomic E-state index is 12.8. The van der Waals surface area contributed by atoms with Crippen LogP contribution in [0.4, 0.5) is 4.79 Å². The van der Waals surface area contributed by atoms with E-state index in [2.05, 4.69) is 13.8 Å². The molecule has 0 aromatic rings. The van der Waals surface area contributed by atoms with Crippen LogP contribution in [0.15, 0.2) is 0 Å². The van der Waals surface area contributed by atoms with E-state index in [1.165, 1.54) is 141 Å². The van der Waals surface area contributed by atoms with E-state index in [1.54, 1.807) is 0 Å². The van der Waals surface area contributed by atoms with Crippen molar-refractivity contribution in [2.75, 3.05) is 40.5 Å². The lowest BCUT2D eigenvalue weighted by molar-refractivity contribution is -0.161. The summed E-state index contributed by atoms with van der Waals surface area (Å²) in [4.78, 5) is 39.4. The number of hydrogen-bond donors (Lipinski definition) is 0. The third-order valence-corrected chi connectivity index (χ3v) is 9.12. The van der Waals surface area contributed by atoms with Crippen LogP contribution in [0, 0.1) is 0 Å². The molecule has 0 radical (unpaired) electrons. The molecule has 0 bridgehead atoms. The van der Waals surface area contributed by atoms with Gasteiger partial charge in [-0.3, -0.25) is 4.79 Å². The van der Waals surface area contributed by atoms with Crippen LogP contribution in [0.1, 0.15) is 200 Å². The minimum absolute atomic E-state index is 0.121. The third kappa shape index (κ3) is 35.8. The lowest BCUT2D eigenvalue weighted by Crippen LogP contribution is -2.33. The Balaban J connectivity index is 4.13. The van der Waals surface area contributed by atoms with E-state index in [0.717, 1.165) is 38.5 Å². The molecule has 49 heavy (non-hydrogen) atoms. The van der Waals surface area contributed by atoms with Crippen molar-refractivity contribution < 1.29 is 33.3 Å². The number of hydrogen-bond acceptors (Lipinski definition) is 8. The first-order valence-electron chi connectivity index (χ1n) is 20.7. The van der Waals surface area contributed by atoms with Crippen molar-refractivity contribution >= 4 is 18.1 Å². The predicted octanol–water partition coefficient (Wildman–Crippen LogP) is 11.5. The van der Waals surface area contributed by atoms with E-state index in [4.69, 9.17) is 18.9 Å². The highest BCUT2D eigenvalue weighted by molar-refractivity contribution is 5.83. The van der Waals surface area contributed by atoms with E-state index < -0.39 is 24.2 Å². The standard InChI is InChI=1S/C41H79NO7/c1-5-7-9-11-13-15-17-19-21-23-25-27-29-31-34-46-39(43)37-38(49-41(45)48-36-33-42(3)4)40(44)47-35-32-30-28-26-24-22-20-18-16-14-12-10-8-6-2/h38H,5-37H2,1-4H3/t38-/m0/s1. The Kier molecular flexibility index (Phi) is 36.0. The second kappa shape index (κ2) is 37.4. The molecule has 0 spiro atoms. The molecule has 0 saturated carbocycles. The van der Waals surface area contributed by atoms with Crippen molar-refractivity contribution in [1.82, 2.24) is 4.90 Å². The van der Waals surface area contributed by atoms with Crippen LogP contribution in [0.25, 0.3) is 0 Å². The first-order chi connectivity index (χ1) is 23.9. The number of carbonyl (C=O) groups excluding carboxylic acids is 3. The Morgan fingerprint density at radius 3 is 1.16 bits per heavy atom. The first-order valence-corrected chi connectivity index (χ1v) is 20.7. The third-order valence-electron chi connectivity index (χ3n) is 9.12. The van der Waals surface area contributed by atoms with Crippen LogP contribution in [0.2, 0.25) is 0 Å². The van der Waals surface area contributed by atoms with Gasteiger partial charge in [0.05, 0.1) is 19.6 Å². The molecule has 0 aliphatic carbocycles. The molecule has 8 heteroatoms. The van der Waals surface area contributed by atoms with Gasteiger partial charge in [-0.15, -0.1) is 0 Å². The molecule has 0 saturated heterocycles. The maximum atomic E-state index is 12.8. The number of esters is 2. The zero-order valence-corrected chi connectivity index (χ0v) is 32.7. The van der Waals surface area contributed by atoms with E-state index in [-0.39, 0.29) is 19.6 Å². The molecular weight excluding hydrogens is 618 g/mol. The van der Waals surface area contributed by atoms with Crippen molar-refractivity contribution in [3.8, 4) is 0 Å². The van der Waals surface area contributed by atoms with E-state index in [1.807, 2.05) is 19.0 Å². The lowest BCUT2D eigenvalue weighted by atomic mass is 10.0. The summed E-state index contributed by atoms with van der Waals surface area (Å²) in [5, 5.41) is 0. The van der Waals surface area contributed by atoms with Crippen LogP contribution in [0.3, 0.4) is 0 Å². The van der Waals surface area contributed by atoms with Gasteiger partial charge in [0.25, 0.3) is 0 Å². The Bertz CT molecular complexity index is 745. The molecule has 1 atom stereocenters. The first kappa shape index (κ1) is 47.2. The number of unbranched alkanes of at least 4 members (excludes halogenated alkanes) is 26. The number of rotatable bonds is 37. The molecule has 0 aromatic heterocycles. The van der Waals surface area contributed by atoms with Gasteiger partial charge < -0.3 is 23.8 Å². The summed E-state index contributed by atoms with van der Waals surface area (Å²) in [6.45, 7) is 5.69. The minimum Gasteiger partial charge on any atom is -0.466 e. The molecule has 8 nitrogen and oxygen atoms in total. The van der Waals surface area contributed by atoms with E-state index >= 15 is 0 Å². The average Bonchev–Trinajstić information content (AvgIpc) is 3.07. The summed E-state index contributed by atoms with van der Waals surface area (Å²) < 4.78 is 21.1. The Morgan fingerprint density at radius 1 is 0.449 bits per heavy atom. The highest BCUT2D eigenvalue weighted by Crippen LogP contribution is 2.15. The van der Waals surface area contributed by atoms with Crippen molar-refractivity contribution in [2.24, 2.45) is 0 Å². The number of nitrogens with zero attached hydrogens (tertiary/aromatic N) is 1. The summed E-state index contributed by atoms with van der Waals surface area (Å²) in [6.07, 6.45) is 32.3. The summed E-state index contributed by atoms with van der Waals surface area (Å²) in [7, 11) is 3.72. The fraction of sp³-hybridized carbons (Fsp3) is 0.927. The molecule has 0 aliphatic rings. The van der Waals surface area contributed by atoms with Crippen LogP contribution in [0.5, 0.6) is 0 Å². The molecule has 0 unspecified atom stereocenters. The molecule has 0 aromatic carbocycles. The smallest absolute Gasteiger partial charge is 0.466 e. The van der Waals surface area contributed by atoms with Gasteiger partial charge in [0.2, 0.25) is 6.10 Å². The normalized spacial score (nSPS) is 11.9. The SMILES string of the molecule is CCCCCCCCCCCCCCCCOC(=O)C[C@H](OC(=O)OCCN(C)C)C(=O)OCCCCCCCCCCCCCCCC. The van der Waals surface area contributed by atoms with Gasteiger partial charge in [0.1, 0.15) is 6.61 Å². The molecular formula is C41H79NO7. The molecule has 0 heterocycles. The highest BCUT2D eigenvalue weighted by atomic mass is 16.7. The van der Waals surface area contributed by atoms with Gasteiger partial charge >= 0.3 is 18.1 Å². The molecule has 0 amide bonds. The summed E-state index contributed by atoms with van der Waals surface area (Å²) in [6, 6.07) is 0. The fourth-order valence-electron chi connectivity index (χ4n) is 5.89. The Labute approximate surface area is 302 Å². The van der Waals surface area contributed by atoms with E-state index in [9.17, 15) is 14.4 Å². The number of carbonyl (C=O) groups is 3. The fourth-order valence-corrected chi connectivity index (χ4v) is 5.89. The zero-order valence-electron chi connectivity index (χ0n) is 32.7. The summed E-state index contributed by atoms with van der Waals surface area (Å²) in [5.41, 5.74) is 0. The van der Waals surface area contributed by atoms with Gasteiger partial charge in [-0.25, -0.2) is 9.59 Å². The second-order valence-electron chi connectivity index (χ2n) is 14.3.